The number of aromatic nitrogens is 1. The van der Waals surface area contributed by atoms with Crippen molar-refractivity contribution in [1.29, 1.82) is 0 Å². The number of rotatable bonds is 8. The number of nitrogens with one attached hydrogen (secondary N) is 2. The third-order valence-corrected chi connectivity index (χ3v) is 4.96. The van der Waals surface area contributed by atoms with Crippen molar-refractivity contribution in [2.75, 3.05) is 20.3 Å². The number of thiazole rings is 1. The highest BCUT2D eigenvalue weighted by Crippen LogP contribution is 2.29. The van der Waals surface area contributed by atoms with Crippen molar-refractivity contribution >= 4 is 29.1 Å². The Hall–Kier alpha value is -2.94. The van der Waals surface area contributed by atoms with Gasteiger partial charge in [-0.15, -0.1) is 11.3 Å². The fraction of sp³-hybridized carbons (Fsp3) is 0.368. The monoisotopic (exact) mass is 405 g/mol. The molecule has 0 aliphatic heterocycles. The van der Waals surface area contributed by atoms with Gasteiger partial charge in [-0.3, -0.25) is 9.59 Å². The van der Waals surface area contributed by atoms with Crippen LogP contribution in [0.15, 0.2) is 24.3 Å². The fourth-order valence-corrected chi connectivity index (χ4v) is 3.28. The maximum absolute atomic E-state index is 12.3. The smallest absolute Gasteiger partial charge is 0.350 e. The van der Waals surface area contributed by atoms with Crippen LogP contribution in [0, 0.1) is 6.92 Å². The van der Waals surface area contributed by atoms with Crippen molar-refractivity contribution in [2.24, 2.45) is 0 Å². The molecule has 1 aromatic carbocycles. The quantitative estimate of drug-likeness (QED) is 0.650. The molecule has 0 unspecified atom stereocenters. The summed E-state index contributed by atoms with van der Waals surface area (Å²) in [4.78, 5) is 40.5. The molecule has 0 bridgehead atoms. The number of amides is 2. The van der Waals surface area contributed by atoms with Crippen LogP contribution in [0.2, 0.25) is 0 Å². The minimum absolute atomic E-state index is 0.301. The molecule has 0 aliphatic carbocycles. The van der Waals surface area contributed by atoms with Crippen molar-refractivity contribution in [3.63, 3.8) is 0 Å². The molecule has 0 aliphatic rings. The zero-order chi connectivity index (χ0) is 20.7. The van der Waals surface area contributed by atoms with Gasteiger partial charge in [-0.25, -0.2) is 9.78 Å². The number of ether oxygens (including phenoxy) is 2. The van der Waals surface area contributed by atoms with Crippen molar-refractivity contribution in [3.8, 4) is 16.3 Å². The van der Waals surface area contributed by atoms with Crippen molar-refractivity contribution in [3.05, 3.63) is 34.8 Å². The molecular formula is C19H23N3O5S. The molecule has 8 nitrogen and oxygen atoms in total. The van der Waals surface area contributed by atoms with Crippen LogP contribution in [0.1, 0.15) is 29.2 Å². The number of methoxy groups -OCH3 is 1. The topological polar surface area (TPSA) is 107 Å². The Bertz CT molecular complexity index is 848. The van der Waals surface area contributed by atoms with E-state index in [9.17, 15) is 14.4 Å². The Morgan fingerprint density at radius 3 is 2.50 bits per heavy atom. The van der Waals surface area contributed by atoms with Crippen LogP contribution in [-0.2, 0) is 14.3 Å². The van der Waals surface area contributed by atoms with Gasteiger partial charge in [0.25, 0.3) is 5.91 Å². The predicted octanol–water partition coefficient (Wildman–Crippen LogP) is 1.92. The van der Waals surface area contributed by atoms with Crippen LogP contribution in [0.4, 0.5) is 0 Å². The molecule has 9 heteroatoms. The average molecular weight is 405 g/mol. The molecule has 2 aromatic rings. The van der Waals surface area contributed by atoms with E-state index in [4.69, 9.17) is 9.47 Å². The largest absolute Gasteiger partial charge is 0.497 e. The molecule has 0 spiro atoms. The molecule has 0 fully saturated rings. The van der Waals surface area contributed by atoms with E-state index >= 15 is 0 Å². The maximum Gasteiger partial charge on any atom is 0.350 e. The number of nitrogens with zero attached hydrogens (tertiary/aromatic N) is 1. The highest BCUT2D eigenvalue weighted by atomic mass is 32.1. The second-order valence-corrected chi connectivity index (χ2v) is 6.92. The minimum Gasteiger partial charge on any atom is -0.497 e. The molecule has 1 atom stereocenters. The summed E-state index contributed by atoms with van der Waals surface area (Å²) < 4.78 is 10.2. The molecule has 1 heterocycles. The van der Waals surface area contributed by atoms with Gasteiger partial charge in [0.05, 0.1) is 12.8 Å². The van der Waals surface area contributed by atoms with Gasteiger partial charge in [-0.1, -0.05) is 0 Å². The summed E-state index contributed by atoms with van der Waals surface area (Å²) in [6.07, 6.45) is 0. The van der Waals surface area contributed by atoms with Gasteiger partial charge >= 0.3 is 5.97 Å². The second kappa shape index (κ2) is 9.84. The highest BCUT2D eigenvalue weighted by Gasteiger charge is 2.20. The summed E-state index contributed by atoms with van der Waals surface area (Å²) in [6, 6.07) is 6.61. The molecule has 0 saturated heterocycles. The first-order chi connectivity index (χ1) is 13.3. The first-order valence-corrected chi connectivity index (χ1v) is 9.53. The van der Waals surface area contributed by atoms with E-state index < -0.39 is 24.5 Å². The SMILES string of the molecule is CCNC(=O)[C@H](C)NC(=O)COC(=O)c1sc(-c2ccc(OC)cc2)nc1C. The number of carbonyl (C=O) groups excluding carboxylic acids is 3. The van der Waals surface area contributed by atoms with E-state index in [0.717, 1.165) is 11.3 Å². The van der Waals surface area contributed by atoms with Crippen LogP contribution in [-0.4, -0.2) is 49.1 Å². The molecule has 28 heavy (non-hydrogen) atoms. The summed E-state index contributed by atoms with van der Waals surface area (Å²) >= 11 is 1.19. The molecular weight excluding hydrogens is 382 g/mol. The lowest BCUT2D eigenvalue weighted by Gasteiger charge is -2.13. The lowest BCUT2D eigenvalue weighted by Crippen LogP contribution is -2.46. The first-order valence-electron chi connectivity index (χ1n) is 8.71. The number of benzene rings is 1. The summed E-state index contributed by atoms with van der Waals surface area (Å²) in [5.74, 6) is -0.755. The van der Waals surface area contributed by atoms with Gasteiger partial charge in [-0.2, -0.15) is 0 Å². The van der Waals surface area contributed by atoms with E-state index in [1.165, 1.54) is 11.3 Å². The zero-order valence-corrected chi connectivity index (χ0v) is 17.0. The van der Waals surface area contributed by atoms with Gasteiger partial charge < -0.3 is 20.1 Å². The number of likely N-dealkylation sites (N-methyl/N-ethyl adjacent to an activating group) is 1. The Kier molecular flexibility index (Phi) is 7.51. The van der Waals surface area contributed by atoms with E-state index in [0.29, 0.717) is 22.1 Å². The molecule has 150 valence electrons. The standard InChI is InChI=1S/C19H23N3O5S/c1-5-20-17(24)12(3)21-15(23)10-27-19(25)16-11(2)22-18(28-16)13-6-8-14(26-4)9-7-13/h6-9,12H,5,10H2,1-4H3,(H,20,24)(H,21,23)/t12-/m0/s1. The summed E-state index contributed by atoms with van der Waals surface area (Å²) in [7, 11) is 1.59. The van der Waals surface area contributed by atoms with E-state index in [2.05, 4.69) is 15.6 Å². The number of hydrogen-bond acceptors (Lipinski definition) is 7. The minimum atomic E-state index is -0.710. The molecule has 1 aromatic heterocycles. The van der Waals surface area contributed by atoms with E-state index in [1.807, 2.05) is 24.3 Å². The fourth-order valence-electron chi connectivity index (χ4n) is 2.32. The molecule has 2 rings (SSSR count). The van der Waals surface area contributed by atoms with E-state index in [-0.39, 0.29) is 5.91 Å². The van der Waals surface area contributed by atoms with Crippen LogP contribution in [0.25, 0.3) is 10.6 Å². The van der Waals surface area contributed by atoms with Crippen molar-refractivity contribution in [2.45, 2.75) is 26.8 Å². The third kappa shape index (κ3) is 5.53. The molecule has 0 saturated carbocycles. The Morgan fingerprint density at radius 2 is 1.89 bits per heavy atom. The molecule has 2 N–H and O–H groups in total. The summed E-state index contributed by atoms with van der Waals surface area (Å²) in [5, 5.41) is 5.74. The average Bonchev–Trinajstić information content (AvgIpc) is 3.08. The van der Waals surface area contributed by atoms with Crippen molar-refractivity contribution in [1.82, 2.24) is 15.6 Å². The molecule has 0 radical (unpaired) electrons. The van der Waals surface area contributed by atoms with Gasteiger partial charge in [0, 0.05) is 12.1 Å². The molecule has 2 amide bonds. The predicted molar refractivity (Wildman–Crippen MR) is 105 cm³/mol. The Labute approximate surface area is 167 Å². The third-order valence-electron chi connectivity index (χ3n) is 3.78. The lowest BCUT2D eigenvalue weighted by atomic mass is 10.2. The summed E-state index contributed by atoms with van der Waals surface area (Å²) in [5.41, 5.74) is 1.37. The van der Waals surface area contributed by atoms with Gasteiger partial charge in [0.2, 0.25) is 5.91 Å². The normalized spacial score (nSPS) is 11.4. The van der Waals surface area contributed by atoms with Gasteiger partial charge in [0.15, 0.2) is 6.61 Å². The van der Waals surface area contributed by atoms with E-state index in [1.54, 1.807) is 27.9 Å². The van der Waals surface area contributed by atoms with Gasteiger partial charge in [-0.05, 0) is 45.0 Å². The summed E-state index contributed by atoms with van der Waals surface area (Å²) in [6.45, 7) is 5.04. The number of hydrogen-bond donors (Lipinski definition) is 2. The van der Waals surface area contributed by atoms with Crippen molar-refractivity contribution < 1.29 is 23.9 Å². The van der Waals surface area contributed by atoms with Crippen LogP contribution in [0.5, 0.6) is 5.75 Å². The maximum atomic E-state index is 12.3. The van der Waals surface area contributed by atoms with Gasteiger partial charge in [0.1, 0.15) is 21.7 Å². The Morgan fingerprint density at radius 1 is 1.21 bits per heavy atom. The zero-order valence-electron chi connectivity index (χ0n) is 16.2. The van der Waals surface area contributed by atoms with Crippen LogP contribution >= 0.6 is 11.3 Å². The number of esters is 1. The lowest BCUT2D eigenvalue weighted by molar-refractivity contribution is -0.130. The highest BCUT2D eigenvalue weighted by molar-refractivity contribution is 7.17. The number of aryl methyl sites for hydroxylation is 1. The Balaban J connectivity index is 1.96. The van der Waals surface area contributed by atoms with Crippen LogP contribution in [0.3, 0.4) is 0 Å². The van der Waals surface area contributed by atoms with Crippen LogP contribution < -0.4 is 15.4 Å². The number of carbonyl (C=O) groups is 3. The second-order valence-electron chi connectivity index (χ2n) is 5.92. The first kappa shape index (κ1) is 21.4.